The molecule has 2 fully saturated rings. The monoisotopic (exact) mass is 324 g/mol. The second-order valence-electron chi connectivity index (χ2n) is 6.77. The molecule has 2 rings (SSSR count). The van der Waals surface area contributed by atoms with Crippen LogP contribution in [-0.2, 0) is 19.1 Å². The highest BCUT2D eigenvalue weighted by molar-refractivity contribution is 5.90. The van der Waals surface area contributed by atoms with Gasteiger partial charge < -0.3 is 15.0 Å². The number of likely N-dealkylation sites (tertiary alicyclic amines) is 1. The van der Waals surface area contributed by atoms with Crippen molar-refractivity contribution < 1.29 is 19.1 Å². The van der Waals surface area contributed by atoms with Crippen molar-refractivity contribution in [1.29, 1.82) is 0 Å². The molecule has 0 aromatic heterocycles. The second-order valence-corrected chi connectivity index (χ2v) is 6.77. The number of amides is 2. The zero-order valence-electron chi connectivity index (χ0n) is 14.2. The van der Waals surface area contributed by atoms with Gasteiger partial charge in [-0.25, -0.2) is 0 Å². The predicted octanol–water partition coefficient (Wildman–Crippen LogP) is 1.48. The molecule has 0 aromatic rings. The van der Waals surface area contributed by atoms with Crippen molar-refractivity contribution in [2.24, 2.45) is 11.8 Å². The van der Waals surface area contributed by atoms with Gasteiger partial charge in [-0.15, -0.1) is 0 Å². The second kappa shape index (κ2) is 8.31. The van der Waals surface area contributed by atoms with E-state index in [1.165, 1.54) is 32.8 Å². The highest BCUT2D eigenvalue weighted by Gasteiger charge is 2.36. The molecule has 130 valence electrons. The zero-order valence-corrected chi connectivity index (χ0v) is 14.2. The maximum atomic E-state index is 12.7. The van der Waals surface area contributed by atoms with Crippen molar-refractivity contribution in [2.75, 3.05) is 20.2 Å². The summed E-state index contributed by atoms with van der Waals surface area (Å²) in [5.41, 5.74) is 0. The van der Waals surface area contributed by atoms with Crippen LogP contribution < -0.4 is 5.32 Å². The van der Waals surface area contributed by atoms with Crippen molar-refractivity contribution in [3.63, 3.8) is 0 Å². The zero-order chi connectivity index (χ0) is 16.8. The summed E-state index contributed by atoms with van der Waals surface area (Å²) in [6, 6.07) is -0.446. The number of hydrogen-bond donors (Lipinski definition) is 1. The molecule has 2 amide bonds. The molecule has 1 saturated carbocycles. The first-order valence-corrected chi connectivity index (χ1v) is 8.68. The van der Waals surface area contributed by atoms with Gasteiger partial charge in [0.1, 0.15) is 12.6 Å². The molecule has 0 radical (unpaired) electrons. The van der Waals surface area contributed by atoms with E-state index in [2.05, 4.69) is 10.1 Å². The van der Waals surface area contributed by atoms with E-state index in [-0.39, 0.29) is 24.3 Å². The normalized spacial score (nSPS) is 22.9. The van der Waals surface area contributed by atoms with Crippen molar-refractivity contribution in [3.8, 4) is 0 Å². The Bertz CT molecular complexity index is 446. The first-order valence-electron chi connectivity index (χ1n) is 8.68. The van der Waals surface area contributed by atoms with E-state index in [1.807, 2.05) is 6.92 Å². The molecule has 0 aromatic carbocycles. The van der Waals surface area contributed by atoms with Crippen LogP contribution in [0.3, 0.4) is 0 Å². The minimum Gasteiger partial charge on any atom is -0.468 e. The van der Waals surface area contributed by atoms with E-state index in [0.29, 0.717) is 18.9 Å². The SMILES string of the molecule is COC(=O)CNC(=O)C1CCCN1C(=O)C(C)CC1CCCC1. The third-order valence-corrected chi connectivity index (χ3v) is 5.06. The molecule has 2 aliphatic rings. The Morgan fingerprint density at radius 1 is 1.17 bits per heavy atom. The maximum absolute atomic E-state index is 12.7. The van der Waals surface area contributed by atoms with Crippen molar-refractivity contribution >= 4 is 17.8 Å². The average molecular weight is 324 g/mol. The first-order chi connectivity index (χ1) is 11.0. The van der Waals surface area contributed by atoms with Gasteiger partial charge >= 0.3 is 5.97 Å². The Morgan fingerprint density at radius 3 is 2.52 bits per heavy atom. The quantitative estimate of drug-likeness (QED) is 0.751. The van der Waals surface area contributed by atoms with E-state index in [4.69, 9.17) is 0 Å². The number of rotatable bonds is 6. The summed E-state index contributed by atoms with van der Waals surface area (Å²) in [5, 5.41) is 2.56. The summed E-state index contributed by atoms with van der Waals surface area (Å²) in [6.45, 7) is 2.46. The van der Waals surface area contributed by atoms with Crippen LogP contribution in [0.2, 0.25) is 0 Å². The van der Waals surface area contributed by atoms with Gasteiger partial charge in [-0.05, 0) is 25.2 Å². The lowest BCUT2D eigenvalue weighted by molar-refractivity contribution is -0.143. The van der Waals surface area contributed by atoms with Gasteiger partial charge in [0.15, 0.2) is 0 Å². The van der Waals surface area contributed by atoms with Gasteiger partial charge in [0.25, 0.3) is 0 Å². The Kier molecular flexibility index (Phi) is 6.42. The highest BCUT2D eigenvalue weighted by Crippen LogP contribution is 2.31. The third kappa shape index (κ3) is 4.69. The predicted molar refractivity (Wildman–Crippen MR) is 85.5 cm³/mol. The van der Waals surface area contributed by atoms with E-state index in [0.717, 1.165) is 12.8 Å². The summed E-state index contributed by atoms with van der Waals surface area (Å²) in [7, 11) is 1.28. The van der Waals surface area contributed by atoms with Crippen LogP contribution in [0, 0.1) is 11.8 Å². The summed E-state index contributed by atoms with van der Waals surface area (Å²) in [6.07, 6.45) is 7.40. The number of esters is 1. The minimum absolute atomic E-state index is 0.0351. The third-order valence-electron chi connectivity index (χ3n) is 5.06. The van der Waals surface area contributed by atoms with Crippen molar-refractivity contribution in [3.05, 3.63) is 0 Å². The van der Waals surface area contributed by atoms with Gasteiger partial charge in [-0.2, -0.15) is 0 Å². The van der Waals surface area contributed by atoms with Gasteiger partial charge in [-0.3, -0.25) is 14.4 Å². The summed E-state index contributed by atoms with van der Waals surface area (Å²) in [5.74, 6) is -0.0407. The molecule has 2 atom stereocenters. The van der Waals surface area contributed by atoms with Crippen LogP contribution in [0.1, 0.15) is 51.9 Å². The van der Waals surface area contributed by atoms with Crippen LogP contribution in [0.4, 0.5) is 0 Å². The lowest BCUT2D eigenvalue weighted by atomic mass is 9.93. The molecule has 23 heavy (non-hydrogen) atoms. The number of nitrogens with zero attached hydrogens (tertiary/aromatic N) is 1. The Hall–Kier alpha value is -1.59. The van der Waals surface area contributed by atoms with Gasteiger partial charge in [-0.1, -0.05) is 32.6 Å². The highest BCUT2D eigenvalue weighted by atomic mass is 16.5. The van der Waals surface area contributed by atoms with Crippen LogP contribution >= 0.6 is 0 Å². The standard InChI is InChI=1S/C17H28N2O4/c1-12(10-13-6-3-4-7-13)17(22)19-9-5-8-14(19)16(21)18-11-15(20)23-2/h12-14H,3-11H2,1-2H3,(H,18,21). The Labute approximate surface area is 137 Å². The lowest BCUT2D eigenvalue weighted by Gasteiger charge is -2.27. The van der Waals surface area contributed by atoms with Crippen molar-refractivity contribution in [1.82, 2.24) is 10.2 Å². The molecule has 1 aliphatic carbocycles. The lowest BCUT2D eigenvalue weighted by Crippen LogP contribution is -2.48. The molecule has 2 unspecified atom stereocenters. The maximum Gasteiger partial charge on any atom is 0.325 e. The molecular weight excluding hydrogens is 296 g/mol. The molecule has 0 bridgehead atoms. The molecule has 0 spiro atoms. The smallest absolute Gasteiger partial charge is 0.325 e. The molecule has 1 aliphatic heterocycles. The molecule has 6 heteroatoms. The molecule has 1 saturated heterocycles. The van der Waals surface area contributed by atoms with E-state index in [1.54, 1.807) is 4.90 Å². The van der Waals surface area contributed by atoms with Crippen LogP contribution in [-0.4, -0.2) is 48.9 Å². The minimum atomic E-state index is -0.483. The molecule has 1 N–H and O–H groups in total. The first kappa shape index (κ1) is 17.8. The summed E-state index contributed by atoms with van der Waals surface area (Å²) in [4.78, 5) is 37.8. The Morgan fingerprint density at radius 2 is 1.87 bits per heavy atom. The van der Waals surface area contributed by atoms with E-state index >= 15 is 0 Å². The number of carbonyl (C=O) groups is 3. The van der Waals surface area contributed by atoms with Gasteiger partial charge in [0, 0.05) is 12.5 Å². The van der Waals surface area contributed by atoms with Crippen LogP contribution in [0.25, 0.3) is 0 Å². The fraction of sp³-hybridized carbons (Fsp3) is 0.824. The summed E-state index contributed by atoms with van der Waals surface area (Å²) < 4.78 is 4.52. The van der Waals surface area contributed by atoms with E-state index in [9.17, 15) is 14.4 Å². The van der Waals surface area contributed by atoms with Gasteiger partial charge in [0.05, 0.1) is 7.11 Å². The molecular formula is C17H28N2O4. The topological polar surface area (TPSA) is 75.7 Å². The molecule has 1 heterocycles. The summed E-state index contributed by atoms with van der Waals surface area (Å²) >= 11 is 0. The number of nitrogens with one attached hydrogen (secondary N) is 1. The number of hydrogen-bond acceptors (Lipinski definition) is 4. The number of ether oxygens (including phenoxy) is 1. The van der Waals surface area contributed by atoms with Crippen molar-refractivity contribution in [2.45, 2.75) is 57.9 Å². The van der Waals surface area contributed by atoms with Gasteiger partial charge in [0.2, 0.25) is 11.8 Å². The molecule has 6 nitrogen and oxygen atoms in total. The Balaban J connectivity index is 1.87. The van der Waals surface area contributed by atoms with Crippen LogP contribution in [0.15, 0.2) is 0 Å². The average Bonchev–Trinajstić information content (AvgIpc) is 3.22. The number of methoxy groups -OCH3 is 1. The largest absolute Gasteiger partial charge is 0.468 e. The van der Waals surface area contributed by atoms with Crippen LogP contribution in [0.5, 0.6) is 0 Å². The fourth-order valence-corrected chi connectivity index (χ4v) is 3.78. The van der Waals surface area contributed by atoms with E-state index < -0.39 is 12.0 Å². The fourth-order valence-electron chi connectivity index (χ4n) is 3.78. The number of carbonyl (C=O) groups excluding carboxylic acids is 3.